The Bertz CT molecular complexity index is 276. The van der Waals surface area contributed by atoms with Crippen LogP contribution in [0.1, 0.15) is 0 Å². The highest BCUT2D eigenvalue weighted by molar-refractivity contribution is 5.58. The highest BCUT2D eigenvalue weighted by Crippen LogP contribution is 2.34. The molecule has 0 heterocycles. The van der Waals surface area contributed by atoms with E-state index >= 15 is 0 Å². The highest BCUT2D eigenvalue weighted by atomic mass is 16.6. The molecule has 1 rings (SSSR count). The van der Waals surface area contributed by atoms with Crippen LogP contribution in [0.3, 0.4) is 0 Å². The van der Waals surface area contributed by atoms with Gasteiger partial charge in [0.2, 0.25) is 0 Å². The molecule has 0 saturated heterocycles. The molecule has 0 fully saturated rings. The van der Waals surface area contributed by atoms with Crippen molar-refractivity contribution >= 4 is 5.69 Å². The molecule has 13 heavy (non-hydrogen) atoms. The van der Waals surface area contributed by atoms with Crippen molar-refractivity contribution in [3.63, 3.8) is 0 Å². The molecule has 1 aromatic rings. The molecule has 0 aromatic heterocycles. The maximum absolute atomic E-state index is 5.12. The fourth-order valence-corrected chi connectivity index (χ4v) is 1.04. The lowest BCUT2D eigenvalue weighted by Gasteiger charge is -2.10. The van der Waals surface area contributed by atoms with Crippen LogP contribution in [-0.2, 0) is 4.84 Å². The fraction of sp³-hybridized carbons (Fsp3) is 0.333. The van der Waals surface area contributed by atoms with Crippen LogP contribution in [0.25, 0.3) is 0 Å². The summed E-state index contributed by atoms with van der Waals surface area (Å²) >= 11 is 0. The first-order chi connectivity index (χ1) is 6.33. The van der Waals surface area contributed by atoms with E-state index in [-0.39, 0.29) is 0 Å². The molecule has 0 atom stereocenters. The van der Waals surface area contributed by atoms with Crippen LogP contribution in [-0.4, -0.2) is 21.3 Å². The molecule has 0 N–H and O–H groups in total. The maximum Gasteiger partial charge on any atom is 0.188 e. The van der Waals surface area contributed by atoms with E-state index in [0.717, 1.165) is 0 Å². The summed E-state index contributed by atoms with van der Waals surface area (Å²) in [6.45, 7) is 0. The Morgan fingerprint density at radius 1 is 1.08 bits per heavy atom. The van der Waals surface area contributed by atoms with Crippen molar-refractivity contribution in [2.75, 3.05) is 21.3 Å². The fourth-order valence-electron chi connectivity index (χ4n) is 1.04. The summed E-state index contributed by atoms with van der Waals surface area (Å²) < 4.78 is 10.2. The minimum absolute atomic E-state index is 0.576. The average Bonchev–Trinajstić information content (AvgIpc) is 2.18. The molecule has 4 nitrogen and oxygen atoms in total. The summed E-state index contributed by atoms with van der Waals surface area (Å²) in [6, 6.07) is 5.40. The predicted molar refractivity (Wildman–Crippen MR) is 48.3 cm³/mol. The van der Waals surface area contributed by atoms with E-state index in [2.05, 4.69) is 10.3 Å². The second-order valence-corrected chi connectivity index (χ2v) is 2.29. The molecule has 0 aliphatic heterocycles. The molecule has 0 aliphatic carbocycles. The van der Waals surface area contributed by atoms with Crippen LogP contribution in [0, 0.1) is 0 Å². The van der Waals surface area contributed by atoms with E-state index in [4.69, 9.17) is 9.47 Å². The Morgan fingerprint density at radius 3 is 2.38 bits per heavy atom. The average molecular weight is 182 g/mol. The van der Waals surface area contributed by atoms with Crippen LogP contribution in [0.5, 0.6) is 11.5 Å². The van der Waals surface area contributed by atoms with Gasteiger partial charge in [-0.1, -0.05) is 6.07 Å². The molecule has 1 radical (unpaired) electrons. The van der Waals surface area contributed by atoms with Crippen molar-refractivity contribution in [2.45, 2.75) is 0 Å². The molecule has 0 saturated carbocycles. The third-order valence-electron chi connectivity index (χ3n) is 1.57. The Labute approximate surface area is 77.4 Å². The van der Waals surface area contributed by atoms with Crippen LogP contribution in [0.4, 0.5) is 5.69 Å². The highest BCUT2D eigenvalue weighted by Gasteiger charge is 2.09. The lowest BCUT2D eigenvalue weighted by molar-refractivity contribution is 0.122. The van der Waals surface area contributed by atoms with Crippen molar-refractivity contribution < 1.29 is 14.3 Å². The SMILES string of the molecule is CO[N]c1cccc(OC)c1OC. The van der Waals surface area contributed by atoms with Gasteiger partial charge < -0.3 is 9.47 Å². The van der Waals surface area contributed by atoms with Gasteiger partial charge in [-0.25, -0.2) is 0 Å². The van der Waals surface area contributed by atoms with E-state index in [9.17, 15) is 0 Å². The van der Waals surface area contributed by atoms with Gasteiger partial charge in [0.1, 0.15) is 5.69 Å². The van der Waals surface area contributed by atoms with Crippen LogP contribution < -0.4 is 15.0 Å². The number of hydrogen-bond donors (Lipinski definition) is 0. The summed E-state index contributed by atoms with van der Waals surface area (Å²) in [5, 5.41) is 0. The van der Waals surface area contributed by atoms with E-state index in [1.165, 1.54) is 7.11 Å². The Balaban J connectivity index is 3.03. The normalized spacial score (nSPS) is 9.46. The van der Waals surface area contributed by atoms with E-state index in [1.54, 1.807) is 26.4 Å². The Morgan fingerprint density at radius 2 is 1.85 bits per heavy atom. The van der Waals surface area contributed by atoms with Crippen molar-refractivity contribution in [3.8, 4) is 11.5 Å². The van der Waals surface area contributed by atoms with Gasteiger partial charge in [-0.3, -0.25) is 4.84 Å². The topological polar surface area (TPSA) is 41.8 Å². The van der Waals surface area contributed by atoms with Gasteiger partial charge in [-0.15, -0.1) is 5.48 Å². The lowest BCUT2D eigenvalue weighted by atomic mass is 10.3. The monoisotopic (exact) mass is 182 g/mol. The van der Waals surface area contributed by atoms with Crippen LogP contribution in [0.15, 0.2) is 18.2 Å². The largest absolute Gasteiger partial charge is 0.493 e. The molecule has 71 valence electrons. The summed E-state index contributed by atoms with van der Waals surface area (Å²) in [7, 11) is 4.62. The first-order valence-corrected chi connectivity index (χ1v) is 3.78. The molecular weight excluding hydrogens is 170 g/mol. The van der Waals surface area contributed by atoms with Gasteiger partial charge in [-0.05, 0) is 12.1 Å². The number of ether oxygens (including phenoxy) is 2. The third-order valence-corrected chi connectivity index (χ3v) is 1.57. The van der Waals surface area contributed by atoms with Gasteiger partial charge in [0.05, 0.1) is 21.3 Å². The summed E-state index contributed by atoms with van der Waals surface area (Å²) in [6.07, 6.45) is 0. The number of methoxy groups -OCH3 is 2. The van der Waals surface area contributed by atoms with Crippen LogP contribution in [0.2, 0.25) is 0 Å². The van der Waals surface area contributed by atoms with Gasteiger partial charge >= 0.3 is 0 Å². The molecule has 4 heteroatoms. The lowest BCUT2D eigenvalue weighted by Crippen LogP contribution is -1.99. The number of hydrogen-bond acceptors (Lipinski definition) is 3. The molecule has 1 aromatic carbocycles. The minimum Gasteiger partial charge on any atom is -0.493 e. The first kappa shape index (κ1) is 9.67. The molecule has 0 aliphatic rings. The van der Waals surface area contributed by atoms with E-state index < -0.39 is 0 Å². The number of nitrogens with zero attached hydrogens (tertiary/aromatic N) is 1. The van der Waals surface area contributed by atoms with Gasteiger partial charge in [-0.2, -0.15) is 0 Å². The van der Waals surface area contributed by atoms with Gasteiger partial charge in [0.15, 0.2) is 11.5 Å². The van der Waals surface area contributed by atoms with Gasteiger partial charge in [0, 0.05) is 0 Å². The summed E-state index contributed by atoms with van der Waals surface area (Å²) in [5.74, 6) is 1.22. The molecule has 0 unspecified atom stereocenters. The second kappa shape index (κ2) is 4.57. The Hall–Kier alpha value is -1.42. The number of benzene rings is 1. The smallest absolute Gasteiger partial charge is 0.188 e. The molecule has 0 bridgehead atoms. The van der Waals surface area contributed by atoms with Crippen molar-refractivity contribution in [1.82, 2.24) is 5.48 Å². The molecule has 0 spiro atoms. The zero-order chi connectivity index (χ0) is 9.68. The maximum atomic E-state index is 5.12. The van der Waals surface area contributed by atoms with E-state index in [0.29, 0.717) is 17.2 Å². The predicted octanol–water partition coefficient (Wildman–Crippen LogP) is 1.50. The number of rotatable bonds is 4. The molecule has 0 amide bonds. The molecular formula is C9H12NO3. The van der Waals surface area contributed by atoms with Crippen LogP contribution >= 0.6 is 0 Å². The second-order valence-electron chi connectivity index (χ2n) is 2.29. The van der Waals surface area contributed by atoms with E-state index in [1.807, 2.05) is 6.07 Å². The van der Waals surface area contributed by atoms with Crippen molar-refractivity contribution in [3.05, 3.63) is 18.2 Å². The standard InChI is InChI=1S/C9H12NO3/c1-11-8-6-4-5-7(10-13-3)9(8)12-2/h4-6H,1-3H3. The summed E-state index contributed by atoms with van der Waals surface area (Å²) in [4.78, 5) is 4.66. The van der Waals surface area contributed by atoms with Gasteiger partial charge in [0.25, 0.3) is 0 Å². The Kier molecular flexibility index (Phi) is 3.40. The van der Waals surface area contributed by atoms with Crippen molar-refractivity contribution in [1.29, 1.82) is 0 Å². The quantitative estimate of drug-likeness (QED) is 0.662. The van der Waals surface area contributed by atoms with Crippen molar-refractivity contribution in [2.24, 2.45) is 0 Å². The minimum atomic E-state index is 0.576. The first-order valence-electron chi connectivity index (χ1n) is 3.78. The third kappa shape index (κ3) is 2.03. The zero-order valence-electron chi connectivity index (χ0n) is 7.90. The zero-order valence-corrected chi connectivity index (χ0v) is 7.90. The summed E-state index contributed by atoms with van der Waals surface area (Å²) in [5.41, 5.74) is 4.40. The number of para-hydroxylation sites is 1.